The zero-order valence-electron chi connectivity index (χ0n) is 8.37. The molecule has 0 heterocycles. The highest BCUT2D eigenvalue weighted by Gasteiger charge is 2.14. The average Bonchev–Trinajstić information content (AvgIpc) is 2.30. The van der Waals surface area contributed by atoms with Crippen LogP contribution in [0.3, 0.4) is 0 Å². The number of ketones is 2. The Labute approximate surface area is 112 Å². The summed E-state index contributed by atoms with van der Waals surface area (Å²) in [7, 11) is 0. The molecule has 1 aromatic rings. The molecule has 0 atom stereocenters. The van der Waals surface area contributed by atoms with E-state index in [9.17, 15) is 9.59 Å². The van der Waals surface area contributed by atoms with E-state index in [0.29, 0.717) is 0 Å². The fraction of sp³-hybridized carbons (Fsp3) is 0.200. The molecule has 17 heavy (non-hydrogen) atoms. The van der Waals surface area contributed by atoms with Crippen LogP contribution in [0.25, 0.3) is 0 Å². The zero-order chi connectivity index (χ0) is 13.0. The third kappa shape index (κ3) is 3.85. The highest BCUT2D eigenvalue weighted by atomic mass is 35.5. The van der Waals surface area contributed by atoms with Crippen LogP contribution < -0.4 is 4.74 Å². The Morgan fingerprint density at radius 2 is 1.65 bits per heavy atom. The molecule has 0 aliphatic heterocycles. The first-order valence-corrected chi connectivity index (χ1v) is 5.53. The van der Waals surface area contributed by atoms with E-state index < -0.39 is 24.8 Å². The third-order valence-corrected chi connectivity index (χ3v) is 2.81. The quantitative estimate of drug-likeness (QED) is 0.668. The van der Waals surface area contributed by atoms with Gasteiger partial charge in [-0.1, -0.05) is 34.8 Å². The number of carbonyl (C=O) groups is 2. The van der Waals surface area contributed by atoms with E-state index in [1.54, 1.807) is 0 Å². The topological polar surface area (TPSA) is 63.6 Å². The van der Waals surface area contributed by atoms with Crippen molar-refractivity contribution in [2.24, 2.45) is 0 Å². The second kappa shape index (κ2) is 6.21. The number of rotatable bonds is 5. The van der Waals surface area contributed by atoms with E-state index in [4.69, 9.17) is 44.6 Å². The van der Waals surface area contributed by atoms with Gasteiger partial charge in [0.15, 0.2) is 6.61 Å². The molecule has 0 spiro atoms. The number of hydrogen-bond acceptors (Lipinski definition) is 4. The highest BCUT2D eigenvalue weighted by Crippen LogP contribution is 2.33. The summed E-state index contributed by atoms with van der Waals surface area (Å²) in [6, 6.07) is 2.70. The Hall–Kier alpha value is -0.810. The summed E-state index contributed by atoms with van der Waals surface area (Å²) in [5.74, 6) is -1.64. The molecule has 1 aromatic carbocycles. The van der Waals surface area contributed by atoms with Gasteiger partial charge < -0.3 is 9.84 Å². The van der Waals surface area contributed by atoms with E-state index in [1.807, 2.05) is 0 Å². The van der Waals surface area contributed by atoms with Gasteiger partial charge in [0.25, 0.3) is 0 Å². The number of aliphatic hydroxyl groups is 1. The summed E-state index contributed by atoms with van der Waals surface area (Å²) in [4.78, 5) is 21.9. The van der Waals surface area contributed by atoms with Crippen molar-refractivity contribution in [3.63, 3.8) is 0 Å². The Morgan fingerprint density at radius 3 is 2.24 bits per heavy atom. The van der Waals surface area contributed by atoms with Crippen molar-refractivity contribution in [2.45, 2.75) is 0 Å². The Morgan fingerprint density at radius 1 is 1.06 bits per heavy atom. The van der Waals surface area contributed by atoms with Gasteiger partial charge in [-0.05, 0) is 6.07 Å². The Balaban J connectivity index is 2.73. The molecule has 0 aliphatic carbocycles. The van der Waals surface area contributed by atoms with Crippen molar-refractivity contribution in [2.75, 3.05) is 13.2 Å². The lowest BCUT2D eigenvalue weighted by Crippen LogP contribution is -2.24. The molecule has 0 saturated carbocycles. The average molecular weight is 298 g/mol. The lowest BCUT2D eigenvalue weighted by molar-refractivity contribution is -0.139. The molecule has 1 rings (SSSR count). The summed E-state index contributed by atoms with van der Waals surface area (Å²) in [5, 5.41) is 9.08. The lowest BCUT2D eigenvalue weighted by atomic mass is 10.3. The SMILES string of the molecule is O=C(CO)C(=O)COc1cc(Cl)c(Cl)cc1Cl. The number of carbonyl (C=O) groups excluding carboxylic acids is 2. The van der Waals surface area contributed by atoms with Crippen LogP contribution in [0.1, 0.15) is 0 Å². The number of Topliss-reactive ketones (excluding diaryl/α,β-unsaturated/α-hetero) is 2. The number of ether oxygens (including phenoxy) is 1. The normalized spacial score (nSPS) is 10.1. The largest absolute Gasteiger partial charge is 0.484 e. The summed E-state index contributed by atoms with van der Waals surface area (Å²) in [5.41, 5.74) is 0. The van der Waals surface area contributed by atoms with Gasteiger partial charge in [-0.2, -0.15) is 0 Å². The van der Waals surface area contributed by atoms with Gasteiger partial charge in [-0.15, -0.1) is 0 Å². The maximum Gasteiger partial charge on any atom is 0.238 e. The molecule has 0 unspecified atom stereocenters. The molecule has 0 radical (unpaired) electrons. The first-order valence-electron chi connectivity index (χ1n) is 4.40. The Bertz CT molecular complexity index is 459. The van der Waals surface area contributed by atoms with Crippen molar-refractivity contribution < 1.29 is 19.4 Å². The van der Waals surface area contributed by atoms with Crippen LogP contribution >= 0.6 is 34.8 Å². The van der Waals surface area contributed by atoms with E-state index in [2.05, 4.69) is 0 Å². The molecular formula is C10H7Cl3O4. The number of hydrogen-bond donors (Lipinski definition) is 1. The molecular weight excluding hydrogens is 290 g/mol. The Kier molecular flexibility index (Phi) is 5.21. The van der Waals surface area contributed by atoms with Crippen molar-refractivity contribution in [1.29, 1.82) is 0 Å². The molecule has 0 aromatic heterocycles. The van der Waals surface area contributed by atoms with E-state index >= 15 is 0 Å². The zero-order valence-corrected chi connectivity index (χ0v) is 10.6. The van der Waals surface area contributed by atoms with Gasteiger partial charge >= 0.3 is 0 Å². The van der Waals surface area contributed by atoms with Crippen molar-refractivity contribution in [3.8, 4) is 5.75 Å². The summed E-state index contributed by atoms with van der Waals surface area (Å²) in [6.07, 6.45) is 0. The standard InChI is InChI=1S/C10H7Cl3O4/c11-5-1-7(13)10(2-6(5)12)17-4-9(16)8(15)3-14/h1-2,14H,3-4H2. The van der Waals surface area contributed by atoms with Crippen LogP contribution in [-0.4, -0.2) is 29.9 Å². The van der Waals surface area contributed by atoms with Gasteiger partial charge in [0, 0.05) is 6.07 Å². The van der Waals surface area contributed by atoms with Gasteiger partial charge in [0.2, 0.25) is 11.6 Å². The molecule has 4 nitrogen and oxygen atoms in total. The molecule has 0 aliphatic rings. The lowest BCUT2D eigenvalue weighted by Gasteiger charge is -2.07. The van der Waals surface area contributed by atoms with Gasteiger partial charge in [-0.3, -0.25) is 9.59 Å². The first kappa shape index (κ1) is 14.3. The minimum absolute atomic E-state index is 0.139. The molecule has 0 amide bonds. The fourth-order valence-corrected chi connectivity index (χ4v) is 1.52. The maximum atomic E-state index is 11.1. The van der Waals surface area contributed by atoms with Crippen LogP contribution in [0.15, 0.2) is 12.1 Å². The summed E-state index contributed by atoms with van der Waals surface area (Å²) >= 11 is 17.2. The van der Waals surface area contributed by atoms with Crippen molar-refractivity contribution in [1.82, 2.24) is 0 Å². The second-order valence-corrected chi connectivity index (χ2v) is 4.21. The van der Waals surface area contributed by atoms with E-state index in [-0.39, 0.29) is 20.8 Å². The van der Waals surface area contributed by atoms with Crippen molar-refractivity contribution >= 4 is 46.4 Å². The summed E-state index contributed by atoms with van der Waals surface area (Å²) < 4.78 is 5.00. The van der Waals surface area contributed by atoms with Gasteiger partial charge in [0.05, 0.1) is 15.1 Å². The maximum absolute atomic E-state index is 11.1. The number of benzene rings is 1. The molecule has 92 valence electrons. The highest BCUT2D eigenvalue weighted by molar-refractivity contribution is 6.43. The number of aliphatic hydroxyl groups excluding tert-OH is 1. The van der Waals surface area contributed by atoms with Gasteiger partial charge in [0.1, 0.15) is 12.4 Å². The molecule has 0 fully saturated rings. The van der Waals surface area contributed by atoms with Crippen LogP contribution in [0.4, 0.5) is 0 Å². The van der Waals surface area contributed by atoms with Crippen LogP contribution in [-0.2, 0) is 9.59 Å². The minimum Gasteiger partial charge on any atom is -0.484 e. The summed E-state index contributed by atoms with van der Waals surface area (Å²) in [6.45, 7) is -1.37. The predicted octanol–water partition coefficient (Wildman–Crippen LogP) is 2.16. The van der Waals surface area contributed by atoms with Crippen LogP contribution in [0.5, 0.6) is 5.75 Å². The second-order valence-electron chi connectivity index (χ2n) is 2.99. The van der Waals surface area contributed by atoms with Crippen LogP contribution in [0, 0.1) is 0 Å². The monoisotopic (exact) mass is 296 g/mol. The molecule has 7 heteroatoms. The van der Waals surface area contributed by atoms with E-state index in [1.165, 1.54) is 12.1 Å². The molecule has 1 N–H and O–H groups in total. The van der Waals surface area contributed by atoms with Gasteiger partial charge in [-0.25, -0.2) is 0 Å². The van der Waals surface area contributed by atoms with Crippen molar-refractivity contribution in [3.05, 3.63) is 27.2 Å². The van der Waals surface area contributed by atoms with E-state index in [0.717, 1.165) is 0 Å². The third-order valence-electron chi connectivity index (χ3n) is 1.79. The molecule has 0 saturated heterocycles. The first-order chi connectivity index (χ1) is 7.95. The predicted molar refractivity (Wildman–Crippen MR) is 64.1 cm³/mol. The van der Waals surface area contributed by atoms with Crippen LogP contribution in [0.2, 0.25) is 15.1 Å². The smallest absolute Gasteiger partial charge is 0.238 e. The fourth-order valence-electron chi connectivity index (χ4n) is 0.927. The minimum atomic E-state index is -0.929. The molecule has 0 bridgehead atoms. The number of halogens is 3.